The summed E-state index contributed by atoms with van der Waals surface area (Å²) >= 11 is 0. The maximum absolute atomic E-state index is 12.0. The summed E-state index contributed by atoms with van der Waals surface area (Å²) in [6.45, 7) is 2.16. The van der Waals surface area contributed by atoms with Gasteiger partial charge in [0.25, 0.3) is 0 Å². The Kier molecular flexibility index (Phi) is 4.98. The molecule has 1 aromatic rings. The Labute approximate surface area is 118 Å². The Morgan fingerprint density at radius 2 is 1.85 bits per heavy atom. The van der Waals surface area contributed by atoms with E-state index in [1.807, 2.05) is 4.90 Å². The molecule has 1 aliphatic rings. The monoisotopic (exact) mass is 276 g/mol. The quantitative estimate of drug-likeness (QED) is 0.865. The highest BCUT2D eigenvalue weighted by atomic mass is 16.4. The molecule has 5 nitrogen and oxygen atoms in total. The van der Waals surface area contributed by atoms with Crippen LogP contribution in [-0.2, 0) is 4.79 Å². The number of carboxylic acid groups (broad SMARTS) is 1. The van der Waals surface area contributed by atoms with Crippen LogP contribution in [0.25, 0.3) is 0 Å². The van der Waals surface area contributed by atoms with Gasteiger partial charge in [-0.2, -0.15) is 0 Å². The third-order valence-corrected chi connectivity index (χ3v) is 3.52. The summed E-state index contributed by atoms with van der Waals surface area (Å²) in [7, 11) is 0. The number of benzene rings is 1. The van der Waals surface area contributed by atoms with Crippen LogP contribution in [0.15, 0.2) is 24.3 Å². The highest BCUT2D eigenvalue weighted by Gasteiger charge is 2.16. The van der Waals surface area contributed by atoms with E-state index < -0.39 is 5.97 Å². The molecular formula is C15H20N2O3. The van der Waals surface area contributed by atoms with Crippen molar-refractivity contribution in [2.24, 2.45) is 0 Å². The van der Waals surface area contributed by atoms with Crippen molar-refractivity contribution in [3.05, 3.63) is 29.8 Å². The zero-order valence-corrected chi connectivity index (χ0v) is 11.5. The zero-order chi connectivity index (χ0) is 14.4. The molecule has 0 unspecified atom stereocenters. The molecule has 20 heavy (non-hydrogen) atoms. The SMILES string of the molecule is O=C(O)c1ccccc1NCCC(=O)N1CCCCC1. The van der Waals surface area contributed by atoms with Crippen LogP contribution in [0.3, 0.4) is 0 Å². The van der Waals surface area contributed by atoms with Crippen LogP contribution in [0.1, 0.15) is 36.0 Å². The van der Waals surface area contributed by atoms with Crippen molar-refractivity contribution in [2.45, 2.75) is 25.7 Å². The number of nitrogens with zero attached hydrogens (tertiary/aromatic N) is 1. The van der Waals surface area contributed by atoms with Gasteiger partial charge in [-0.25, -0.2) is 4.79 Å². The number of carbonyl (C=O) groups is 2. The molecule has 0 spiro atoms. The Morgan fingerprint density at radius 3 is 2.55 bits per heavy atom. The molecule has 0 radical (unpaired) electrons. The Balaban J connectivity index is 1.83. The van der Waals surface area contributed by atoms with E-state index in [9.17, 15) is 9.59 Å². The van der Waals surface area contributed by atoms with Gasteiger partial charge in [-0.1, -0.05) is 12.1 Å². The number of nitrogens with one attached hydrogen (secondary N) is 1. The van der Waals surface area contributed by atoms with Crippen molar-refractivity contribution in [1.29, 1.82) is 0 Å². The first-order chi connectivity index (χ1) is 9.68. The smallest absolute Gasteiger partial charge is 0.337 e. The molecule has 1 aromatic carbocycles. The molecule has 1 fully saturated rings. The number of anilines is 1. The second kappa shape index (κ2) is 6.93. The van der Waals surface area contributed by atoms with Gasteiger partial charge in [-0.05, 0) is 31.4 Å². The predicted molar refractivity (Wildman–Crippen MR) is 76.9 cm³/mol. The second-order valence-electron chi connectivity index (χ2n) is 4.97. The summed E-state index contributed by atoms with van der Waals surface area (Å²) in [6, 6.07) is 6.74. The van der Waals surface area contributed by atoms with Crippen molar-refractivity contribution >= 4 is 17.6 Å². The fraction of sp³-hybridized carbons (Fsp3) is 0.467. The van der Waals surface area contributed by atoms with Gasteiger partial charge in [0.1, 0.15) is 0 Å². The average molecular weight is 276 g/mol. The summed E-state index contributed by atoms with van der Waals surface area (Å²) in [6.07, 6.45) is 3.77. The molecule has 5 heteroatoms. The number of hydrogen-bond acceptors (Lipinski definition) is 3. The molecule has 0 atom stereocenters. The average Bonchev–Trinajstić information content (AvgIpc) is 2.48. The third-order valence-electron chi connectivity index (χ3n) is 3.52. The molecule has 108 valence electrons. The maximum atomic E-state index is 12.0. The highest BCUT2D eigenvalue weighted by molar-refractivity contribution is 5.94. The number of carbonyl (C=O) groups excluding carboxylic acids is 1. The fourth-order valence-corrected chi connectivity index (χ4v) is 2.43. The van der Waals surface area contributed by atoms with Gasteiger partial charge >= 0.3 is 5.97 Å². The van der Waals surface area contributed by atoms with Gasteiger partial charge < -0.3 is 15.3 Å². The summed E-state index contributed by atoms with van der Waals surface area (Å²) in [5.74, 6) is -0.819. The van der Waals surface area contributed by atoms with Gasteiger partial charge in [-0.3, -0.25) is 4.79 Å². The second-order valence-corrected chi connectivity index (χ2v) is 4.97. The van der Waals surface area contributed by atoms with E-state index in [1.54, 1.807) is 24.3 Å². The molecule has 0 aromatic heterocycles. The maximum Gasteiger partial charge on any atom is 0.337 e. The van der Waals surface area contributed by atoms with Crippen molar-refractivity contribution in [2.75, 3.05) is 25.0 Å². The summed E-state index contributed by atoms with van der Waals surface area (Å²) in [5.41, 5.74) is 0.796. The fourth-order valence-electron chi connectivity index (χ4n) is 2.43. The van der Waals surface area contributed by atoms with Crippen LogP contribution < -0.4 is 5.32 Å². The predicted octanol–water partition coefficient (Wildman–Crippen LogP) is 2.20. The molecule has 0 aliphatic carbocycles. The lowest BCUT2D eigenvalue weighted by molar-refractivity contribution is -0.131. The summed E-state index contributed by atoms with van der Waals surface area (Å²) in [5, 5.41) is 12.1. The molecule has 2 rings (SSSR count). The summed E-state index contributed by atoms with van der Waals surface area (Å²) in [4.78, 5) is 24.9. The van der Waals surface area contributed by atoms with Crippen LogP contribution in [0.4, 0.5) is 5.69 Å². The lowest BCUT2D eigenvalue weighted by Crippen LogP contribution is -2.36. The molecule has 1 saturated heterocycles. The van der Waals surface area contributed by atoms with E-state index in [-0.39, 0.29) is 11.5 Å². The van der Waals surface area contributed by atoms with Crippen molar-refractivity contribution < 1.29 is 14.7 Å². The van der Waals surface area contributed by atoms with E-state index >= 15 is 0 Å². The number of rotatable bonds is 5. The van der Waals surface area contributed by atoms with Gasteiger partial charge in [0.05, 0.1) is 5.56 Å². The Bertz CT molecular complexity index is 482. The standard InChI is InChI=1S/C15H20N2O3/c18-14(17-10-4-1-5-11-17)8-9-16-13-7-3-2-6-12(13)15(19)20/h2-3,6-7,16H,1,4-5,8-11H2,(H,19,20). The van der Waals surface area contributed by atoms with Crippen LogP contribution in [0.2, 0.25) is 0 Å². The number of para-hydroxylation sites is 1. The minimum absolute atomic E-state index is 0.144. The van der Waals surface area contributed by atoms with E-state index in [0.29, 0.717) is 18.7 Å². The number of hydrogen-bond donors (Lipinski definition) is 2. The number of likely N-dealkylation sites (tertiary alicyclic amines) is 1. The van der Waals surface area contributed by atoms with Crippen molar-refractivity contribution in [3.8, 4) is 0 Å². The Hall–Kier alpha value is -2.04. The van der Waals surface area contributed by atoms with Crippen LogP contribution in [-0.4, -0.2) is 41.5 Å². The number of amides is 1. The topological polar surface area (TPSA) is 69.6 Å². The molecule has 0 bridgehead atoms. The molecule has 1 amide bonds. The van der Waals surface area contributed by atoms with E-state index in [2.05, 4.69) is 5.32 Å². The van der Waals surface area contributed by atoms with E-state index in [1.165, 1.54) is 6.42 Å². The first kappa shape index (κ1) is 14.4. The van der Waals surface area contributed by atoms with Gasteiger partial charge in [0, 0.05) is 31.7 Å². The molecular weight excluding hydrogens is 256 g/mol. The largest absolute Gasteiger partial charge is 0.478 e. The number of aromatic carboxylic acids is 1. The van der Waals surface area contributed by atoms with Crippen molar-refractivity contribution in [1.82, 2.24) is 4.90 Å². The zero-order valence-electron chi connectivity index (χ0n) is 11.5. The first-order valence-electron chi connectivity index (χ1n) is 7.02. The minimum atomic E-state index is -0.963. The van der Waals surface area contributed by atoms with Gasteiger partial charge in [0.2, 0.25) is 5.91 Å². The van der Waals surface area contributed by atoms with Gasteiger partial charge in [0.15, 0.2) is 0 Å². The van der Waals surface area contributed by atoms with E-state index in [4.69, 9.17) is 5.11 Å². The third kappa shape index (κ3) is 3.73. The first-order valence-corrected chi connectivity index (χ1v) is 7.02. The molecule has 1 heterocycles. The van der Waals surface area contributed by atoms with Crippen LogP contribution in [0.5, 0.6) is 0 Å². The lowest BCUT2D eigenvalue weighted by Gasteiger charge is -2.26. The molecule has 1 aliphatic heterocycles. The van der Waals surface area contributed by atoms with Gasteiger partial charge in [-0.15, -0.1) is 0 Å². The lowest BCUT2D eigenvalue weighted by atomic mass is 10.1. The van der Waals surface area contributed by atoms with Crippen LogP contribution >= 0.6 is 0 Å². The normalized spacial score (nSPS) is 14.9. The van der Waals surface area contributed by atoms with Crippen molar-refractivity contribution in [3.63, 3.8) is 0 Å². The van der Waals surface area contributed by atoms with Crippen LogP contribution in [0, 0.1) is 0 Å². The van der Waals surface area contributed by atoms with E-state index in [0.717, 1.165) is 25.9 Å². The Morgan fingerprint density at radius 1 is 1.15 bits per heavy atom. The highest BCUT2D eigenvalue weighted by Crippen LogP contribution is 2.15. The minimum Gasteiger partial charge on any atom is -0.478 e. The molecule has 2 N–H and O–H groups in total. The molecule has 0 saturated carbocycles. The summed E-state index contributed by atoms with van der Waals surface area (Å²) < 4.78 is 0. The number of carboxylic acids is 1. The number of piperidine rings is 1.